The van der Waals surface area contributed by atoms with E-state index in [1.807, 2.05) is 53.8 Å². The van der Waals surface area contributed by atoms with E-state index in [1.165, 1.54) is 0 Å². The molecule has 0 atom stereocenters. The molecule has 0 unspecified atom stereocenters. The van der Waals surface area contributed by atoms with Gasteiger partial charge in [-0.15, -0.1) is 0 Å². The Morgan fingerprint density at radius 2 is 1.38 bits per heavy atom. The zero-order valence-corrected chi connectivity index (χ0v) is 19.8. The van der Waals surface area contributed by atoms with Crippen LogP contribution >= 0.6 is 0 Å². The molecule has 4 rings (SSSR count). The maximum Gasteiger partial charge on any atom is 0.407 e. The predicted molar refractivity (Wildman–Crippen MR) is 134 cm³/mol. The van der Waals surface area contributed by atoms with Gasteiger partial charge in [0.25, 0.3) is 11.8 Å². The van der Waals surface area contributed by atoms with E-state index in [2.05, 4.69) is 10.7 Å². The Kier molecular flexibility index (Phi) is 7.99. The van der Waals surface area contributed by atoms with Crippen LogP contribution in [0.5, 0.6) is 0 Å². The van der Waals surface area contributed by atoms with E-state index >= 15 is 0 Å². The van der Waals surface area contributed by atoms with Crippen molar-refractivity contribution in [1.29, 1.82) is 0 Å². The van der Waals surface area contributed by atoms with E-state index in [0.29, 0.717) is 0 Å². The standard InChI is InChI=1S/C27H26N4O6/c32-24(30-31(25(33)15-28-26(34)35)16-18-8-2-1-3-9-18)14-29-27(36)37-17-23-21-12-6-4-10-19(21)20-11-5-7-13-22(20)23/h1-13,23,28H,14-17H2,(H,29,36)(H,30,32)(H,34,35). The minimum absolute atomic E-state index is 0.0116. The van der Waals surface area contributed by atoms with Crippen molar-refractivity contribution in [3.8, 4) is 11.1 Å². The maximum absolute atomic E-state index is 12.5. The van der Waals surface area contributed by atoms with Crippen LogP contribution in [0.25, 0.3) is 11.1 Å². The third-order valence-corrected chi connectivity index (χ3v) is 5.87. The van der Waals surface area contributed by atoms with Crippen LogP contribution in [0.4, 0.5) is 9.59 Å². The van der Waals surface area contributed by atoms with Gasteiger partial charge in [0.2, 0.25) is 0 Å². The molecule has 4 amide bonds. The molecule has 37 heavy (non-hydrogen) atoms. The number of hydrogen-bond donors (Lipinski definition) is 4. The SMILES string of the molecule is O=C(O)NCC(=O)N(Cc1ccccc1)NC(=O)CNC(=O)OCC1c2ccccc2-c2ccccc21. The van der Waals surface area contributed by atoms with Gasteiger partial charge in [0, 0.05) is 5.92 Å². The third-order valence-electron chi connectivity index (χ3n) is 5.87. The number of carbonyl (C=O) groups is 4. The zero-order chi connectivity index (χ0) is 26.2. The maximum atomic E-state index is 12.5. The fourth-order valence-electron chi connectivity index (χ4n) is 4.19. The molecule has 3 aromatic rings. The molecule has 3 aromatic carbocycles. The summed E-state index contributed by atoms with van der Waals surface area (Å²) in [6, 6.07) is 24.8. The topological polar surface area (TPSA) is 137 Å². The van der Waals surface area contributed by atoms with Gasteiger partial charge in [0.1, 0.15) is 19.7 Å². The number of fused-ring (bicyclic) bond motifs is 3. The van der Waals surface area contributed by atoms with E-state index in [9.17, 15) is 19.2 Å². The number of nitrogens with zero attached hydrogens (tertiary/aromatic N) is 1. The van der Waals surface area contributed by atoms with Gasteiger partial charge in [-0.05, 0) is 27.8 Å². The largest absolute Gasteiger partial charge is 0.465 e. The van der Waals surface area contributed by atoms with Crippen molar-refractivity contribution in [2.75, 3.05) is 19.7 Å². The molecule has 1 aliphatic rings. The van der Waals surface area contributed by atoms with Gasteiger partial charge in [-0.2, -0.15) is 0 Å². The summed E-state index contributed by atoms with van der Waals surface area (Å²) < 4.78 is 5.42. The van der Waals surface area contributed by atoms with Crippen LogP contribution in [-0.4, -0.2) is 53.8 Å². The highest BCUT2D eigenvalue weighted by Crippen LogP contribution is 2.44. The molecule has 10 nitrogen and oxygen atoms in total. The van der Waals surface area contributed by atoms with E-state index in [4.69, 9.17) is 9.84 Å². The van der Waals surface area contributed by atoms with Crippen molar-refractivity contribution in [2.24, 2.45) is 0 Å². The van der Waals surface area contributed by atoms with Crippen molar-refractivity contribution in [3.05, 3.63) is 95.6 Å². The van der Waals surface area contributed by atoms with Crippen molar-refractivity contribution < 1.29 is 29.0 Å². The number of ether oxygens (including phenoxy) is 1. The van der Waals surface area contributed by atoms with Crippen molar-refractivity contribution in [2.45, 2.75) is 12.5 Å². The van der Waals surface area contributed by atoms with Gasteiger partial charge in [-0.3, -0.25) is 15.0 Å². The van der Waals surface area contributed by atoms with E-state index < -0.39 is 37.1 Å². The lowest BCUT2D eigenvalue weighted by atomic mass is 9.98. The van der Waals surface area contributed by atoms with Crippen molar-refractivity contribution in [3.63, 3.8) is 0 Å². The highest BCUT2D eigenvalue weighted by molar-refractivity contribution is 5.87. The minimum Gasteiger partial charge on any atom is -0.465 e. The highest BCUT2D eigenvalue weighted by Gasteiger charge is 2.29. The van der Waals surface area contributed by atoms with Gasteiger partial charge in [-0.1, -0.05) is 78.9 Å². The lowest BCUT2D eigenvalue weighted by molar-refractivity contribution is -0.141. The Labute approximate surface area is 213 Å². The number of hydrogen-bond acceptors (Lipinski definition) is 5. The molecule has 0 fully saturated rings. The number of rotatable bonds is 8. The zero-order valence-electron chi connectivity index (χ0n) is 19.8. The molecule has 0 heterocycles. The summed E-state index contributed by atoms with van der Waals surface area (Å²) in [5.74, 6) is -1.46. The quantitative estimate of drug-likeness (QED) is 0.350. The normalized spacial score (nSPS) is 11.6. The fraction of sp³-hybridized carbons (Fsp3) is 0.185. The van der Waals surface area contributed by atoms with Crippen molar-refractivity contribution >= 4 is 24.0 Å². The lowest BCUT2D eigenvalue weighted by Gasteiger charge is -2.23. The van der Waals surface area contributed by atoms with Gasteiger partial charge < -0.3 is 20.5 Å². The highest BCUT2D eigenvalue weighted by atomic mass is 16.5. The summed E-state index contributed by atoms with van der Waals surface area (Å²) in [4.78, 5) is 48.0. The molecule has 0 bridgehead atoms. The molecule has 0 aliphatic heterocycles. The van der Waals surface area contributed by atoms with Gasteiger partial charge in [0.05, 0.1) is 6.54 Å². The van der Waals surface area contributed by atoms with Crippen LogP contribution in [0.15, 0.2) is 78.9 Å². The van der Waals surface area contributed by atoms with Crippen LogP contribution in [0, 0.1) is 0 Å². The monoisotopic (exact) mass is 502 g/mol. The first-order valence-electron chi connectivity index (χ1n) is 11.6. The van der Waals surface area contributed by atoms with E-state index in [1.54, 1.807) is 30.3 Å². The second kappa shape index (κ2) is 11.7. The molecule has 10 heteroatoms. The molecule has 0 spiro atoms. The Bertz CT molecular complexity index is 1250. The van der Waals surface area contributed by atoms with Crippen LogP contribution in [0.1, 0.15) is 22.6 Å². The van der Waals surface area contributed by atoms with Crippen molar-refractivity contribution in [1.82, 2.24) is 21.1 Å². The number of hydrazine groups is 1. The summed E-state index contributed by atoms with van der Waals surface area (Å²) in [7, 11) is 0. The Hall–Kier alpha value is -4.86. The summed E-state index contributed by atoms with van der Waals surface area (Å²) in [5.41, 5.74) is 7.47. The minimum atomic E-state index is -1.36. The van der Waals surface area contributed by atoms with Gasteiger partial charge in [0.15, 0.2) is 0 Å². The van der Waals surface area contributed by atoms with Gasteiger partial charge >= 0.3 is 12.2 Å². The molecular weight excluding hydrogens is 476 g/mol. The number of carbonyl (C=O) groups excluding carboxylic acids is 3. The first kappa shape index (κ1) is 25.2. The molecule has 0 aromatic heterocycles. The number of carboxylic acid groups (broad SMARTS) is 1. The number of alkyl carbamates (subject to hydrolysis) is 1. The number of nitrogens with one attached hydrogen (secondary N) is 3. The predicted octanol–water partition coefficient (Wildman–Crippen LogP) is 2.85. The van der Waals surface area contributed by atoms with Crippen LogP contribution in [0.2, 0.25) is 0 Å². The average molecular weight is 503 g/mol. The molecule has 0 saturated heterocycles. The molecule has 1 aliphatic carbocycles. The van der Waals surface area contributed by atoms with Gasteiger partial charge in [-0.25, -0.2) is 14.6 Å². The Morgan fingerprint density at radius 3 is 2.00 bits per heavy atom. The Balaban J connectivity index is 1.31. The Morgan fingerprint density at radius 1 is 0.784 bits per heavy atom. The summed E-state index contributed by atoms with van der Waals surface area (Å²) in [5, 5.41) is 14.1. The molecule has 0 radical (unpaired) electrons. The molecule has 190 valence electrons. The smallest absolute Gasteiger partial charge is 0.407 e. The fourth-order valence-corrected chi connectivity index (χ4v) is 4.19. The van der Waals surface area contributed by atoms with Crippen LogP contribution < -0.4 is 16.1 Å². The summed E-state index contributed by atoms with van der Waals surface area (Å²) in [6.45, 7) is -0.859. The van der Waals surface area contributed by atoms with E-state index in [0.717, 1.165) is 32.8 Å². The van der Waals surface area contributed by atoms with Crippen LogP contribution in [0.3, 0.4) is 0 Å². The second-order valence-corrected chi connectivity index (χ2v) is 8.34. The number of benzene rings is 3. The first-order chi connectivity index (χ1) is 17.9. The first-order valence-corrected chi connectivity index (χ1v) is 11.6. The summed E-state index contributed by atoms with van der Waals surface area (Å²) >= 11 is 0. The summed E-state index contributed by atoms with van der Waals surface area (Å²) in [6.07, 6.45) is -2.14. The third kappa shape index (κ3) is 6.43. The molecule has 4 N–H and O–H groups in total. The lowest BCUT2D eigenvalue weighted by Crippen LogP contribution is -2.51. The second-order valence-electron chi connectivity index (χ2n) is 8.34. The van der Waals surface area contributed by atoms with Crippen LogP contribution in [-0.2, 0) is 20.9 Å². The molecule has 0 saturated carbocycles. The van der Waals surface area contributed by atoms with E-state index in [-0.39, 0.29) is 19.1 Å². The molecular formula is C27H26N4O6. The average Bonchev–Trinajstić information content (AvgIpc) is 3.23. The number of amides is 4.